The maximum atomic E-state index is 11.7. The van der Waals surface area contributed by atoms with Gasteiger partial charge >= 0.3 is 6.18 Å². The van der Waals surface area contributed by atoms with E-state index in [0.29, 0.717) is 6.42 Å². The predicted molar refractivity (Wildman–Crippen MR) is 59.5 cm³/mol. The van der Waals surface area contributed by atoms with Gasteiger partial charge in [-0.2, -0.15) is 13.2 Å². The van der Waals surface area contributed by atoms with Crippen molar-refractivity contribution in [2.24, 2.45) is 0 Å². The fraction of sp³-hybridized carbons (Fsp3) is 0.889. The number of nitrogens with one attached hydrogen (secondary N) is 1. The highest BCUT2D eigenvalue weighted by Gasteiger charge is 2.30. The van der Waals surface area contributed by atoms with E-state index >= 15 is 0 Å². The van der Waals surface area contributed by atoms with Gasteiger partial charge in [0.15, 0.2) is 0 Å². The molecular weight excluding hydrogens is 282 g/mol. The third kappa shape index (κ3) is 6.95. The minimum atomic E-state index is -4.44. The number of carbonyl (C=O) groups is 1. The van der Waals surface area contributed by atoms with Crippen molar-refractivity contribution in [3.05, 3.63) is 0 Å². The zero-order valence-corrected chi connectivity index (χ0v) is 10.8. The van der Waals surface area contributed by atoms with E-state index in [-0.39, 0.29) is 11.8 Å². The van der Waals surface area contributed by atoms with Crippen LogP contribution in [0.1, 0.15) is 13.3 Å². The monoisotopic (exact) mass is 295 g/mol. The number of carbonyl (C=O) groups excluding carboxylic acids is 1. The Balaban J connectivity index is 4.08. The number of alkyl halides is 5. The van der Waals surface area contributed by atoms with Crippen LogP contribution in [-0.2, 0) is 9.53 Å². The lowest BCUT2D eigenvalue weighted by Crippen LogP contribution is -2.52. The van der Waals surface area contributed by atoms with Gasteiger partial charge < -0.3 is 10.1 Å². The first-order valence-corrected chi connectivity index (χ1v) is 5.93. The van der Waals surface area contributed by atoms with Crippen molar-refractivity contribution in [1.82, 2.24) is 5.32 Å². The first-order chi connectivity index (χ1) is 7.78. The Labute approximate surface area is 108 Å². The second-order valence-corrected chi connectivity index (χ2v) is 4.09. The molecule has 0 aromatic heterocycles. The number of halogens is 5. The lowest BCUT2D eigenvalue weighted by molar-refractivity contribution is -0.175. The molecule has 102 valence electrons. The van der Waals surface area contributed by atoms with Crippen LogP contribution in [0.25, 0.3) is 0 Å². The van der Waals surface area contributed by atoms with E-state index in [1.54, 1.807) is 6.92 Å². The van der Waals surface area contributed by atoms with E-state index < -0.39 is 30.8 Å². The molecule has 0 aliphatic carbocycles. The minimum absolute atomic E-state index is 0.0814. The third-order valence-corrected chi connectivity index (χ3v) is 3.12. The Kier molecular flexibility index (Phi) is 7.20. The Hall–Kier alpha value is -0.200. The van der Waals surface area contributed by atoms with Gasteiger partial charge in [0, 0.05) is 11.8 Å². The SMILES string of the molecule is CCC(CCl)(CCl)NC(=O)COCC(F)(F)F. The maximum absolute atomic E-state index is 11.7. The smallest absolute Gasteiger partial charge is 0.362 e. The molecule has 0 fully saturated rings. The Bertz CT molecular complexity index is 237. The average Bonchev–Trinajstić information content (AvgIpc) is 2.24. The van der Waals surface area contributed by atoms with Crippen molar-refractivity contribution in [2.45, 2.75) is 25.1 Å². The lowest BCUT2D eigenvalue weighted by Gasteiger charge is -2.29. The molecule has 0 atom stereocenters. The zero-order valence-electron chi connectivity index (χ0n) is 9.24. The summed E-state index contributed by atoms with van der Waals surface area (Å²) >= 11 is 11.3. The standard InChI is InChI=1S/C9H14Cl2F3NO2/c1-2-8(4-10,5-11)15-7(16)3-17-6-9(12,13)14/h2-6H2,1H3,(H,15,16). The maximum Gasteiger partial charge on any atom is 0.411 e. The fourth-order valence-electron chi connectivity index (χ4n) is 0.971. The van der Waals surface area contributed by atoms with Gasteiger partial charge in [-0.05, 0) is 6.42 Å². The molecule has 1 N–H and O–H groups in total. The normalized spacial score (nSPS) is 12.6. The lowest BCUT2D eigenvalue weighted by atomic mass is 10.0. The van der Waals surface area contributed by atoms with Crippen molar-refractivity contribution in [3.8, 4) is 0 Å². The fourth-order valence-corrected chi connectivity index (χ4v) is 1.77. The first-order valence-electron chi connectivity index (χ1n) is 4.86. The molecule has 0 bridgehead atoms. The molecule has 0 aromatic rings. The molecular formula is C9H14Cl2F3NO2. The molecule has 0 heterocycles. The van der Waals surface area contributed by atoms with E-state index in [4.69, 9.17) is 23.2 Å². The topological polar surface area (TPSA) is 38.3 Å². The van der Waals surface area contributed by atoms with Crippen LogP contribution in [0.5, 0.6) is 0 Å². The molecule has 3 nitrogen and oxygen atoms in total. The molecule has 0 saturated heterocycles. The summed E-state index contributed by atoms with van der Waals surface area (Å²) in [6, 6.07) is 0. The average molecular weight is 296 g/mol. The van der Waals surface area contributed by atoms with Crippen molar-refractivity contribution in [1.29, 1.82) is 0 Å². The van der Waals surface area contributed by atoms with Gasteiger partial charge in [0.1, 0.15) is 13.2 Å². The molecule has 0 radical (unpaired) electrons. The van der Waals surface area contributed by atoms with E-state index in [9.17, 15) is 18.0 Å². The largest absolute Gasteiger partial charge is 0.411 e. The van der Waals surface area contributed by atoms with Crippen LogP contribution in [0, 0.1) is 0 Å². The van der Waals surface area contributed by atoms with Gasteiger partial charge in [-0.25, -0.2) is 0 Å². The van der Waals surface area contributed by atoms with Crippen LogP contribution in [-0.4, -0.2) is 42.6 Å². The molecule has 0 aliphatic heterocycles. The van der Waals surface area contributed by atoms with Crippen molar-refractivity contribution < 1.29 is 22.7 Å². The van der Waals surface area contributed by atoms with Crippen LogP contribution in [0.4, 0.5) is 13.2 Å². The third-order valence-electron chi connectivity index (χ3n) is 2.09. The van der Waals surface area contributed by atoms with Gasteiger partial charge in [0.2, 0.25) is 5.91 Å². The molecule has 0 aromatic carbocycles. The molecule has 8 heteroatoms. The van der Waals surface area contributed by atoms with Crippen LogP contribution < -0.4 is 5.32 Å². The summed E-state index contributed by atoms with van der Waals surface area (Å²) in [5.41, 5.74) is -0.804. The van der Waals surface area contributed by atoms with Crippen LogP contribution in [0.2, 0.25) is 0 Å². The second-order valence-electron chi connectivity index (χ2n) is 3.56. The van der Waals surface area contributed by atoms with E-state index in [0.717, 1.165) is 0 Å². The molecule has 0 aliphatic rings. The number of hydrogen-bond acceptors (Lipinski definition) is 2. The predicted octanol–water partition coefficient (Wildman–Crippen LogP) is 2.31. The van der Waals surface area contributed by atoms with Gasteiger partial charge in [0.25, 0.3) is 0 Å². The number of ether oxygens (including phenoxy) is 1. The molecule has 0 spiro atoms. The first kappa shape index (κ1) is 16.8. The molecule has 0 rings (SSSR count). The van der Waals surface area contributed by atoms with E-state index in [1.165, 1.54) is 0 Å². The van der Waals surface area contributed by atoms with Gasteiger partial charge in [0.05, 0.1) is 5.54 Å². The van der Waals surface area contributed by atoms with E-state index in [2.05, 4.69) is 10.1 Å². The van der Waals surface area contributed by atoms with Crippen molar-refractivity contribution in [2.75, 3.05) is 25.0 Å². The Morgan fingerprint density at radius 2 is 1.82 bits per heavy atom. The summed E-state index contributed by atoms with van der Waals surface area (Å²) in [6.07, 6.45) is -3.97. The van der Waals surface area contributed by atoms with Gasteiger partial charge in [-0.1, -0.05) is 6.92 Å². The number of rotatable bonds is 7. The van der Waals surface area contributed by atoms with Crippen molar-refractivity contribution in [3.63, 3.8) is 0 Å². The summed E-state index contributed by atoms with van der Waals surface area (Å²) < 4.78 is 39.4. The summed E-state index contributed by atoms with van der Waals surface area (Å²) in [4.78, 5) is 11.3. The van der Waals surface area contributed by atoms with Crippen LogP contribution >= 0.6 is 23.2 Å². The van der Waals surface area contributed by atoms with Gasteiger partial charge in [-0.15, -0.1) is 23.2 Å². The highest BCUT2D eigenvalue weighted by Crippen LogP contribution is 2.16. The quantitative estimate of drug-likeness (QED) is 0.732. The Morgan fingerprint density at radius 3 is 2.18 bits per heavy atom. The summed E-state index contributed by atoms with van der Waals surface area (Å²) in [5.74, 6) is -0.506. The van der Waals surface area contributed by atoms with E-state index in [1.807, 2.05) is 0 Å². The zero-order chi connectivity index (χ0) is 13.5. The molecule has 0 unspecified atom stereocenters. The molecule has 0 saturated carbocycles. The van der Waals surface area contributed by atoms with Crippen molar-refractivity contribution >= 4 is 29.1 Å². The van der Waals surface area contributed by atoms with Crippen LogP contribution in [0.15, 0.2) is 0 Å². The number of amides is 1. The summed E-state index contributed by atoms with van der Waals surface area (Å²) in [6.45, 7) is -0.363. The summed E-state index contributed by atoms with van der Waals surface area (Å²) in [7, 11) is 0. The van der Waals surface area contributed by atoms with Crippen LogP contribution in [0.3, 0.4) is 0 Å². The highest BCUT2D eigenvalue weighted by atomic mass is 35.5. The minimum Gasteiger partial charge on any atom is -0.362 e. The summed E-state index contributed by atoms with van der Waals surface area (Å²) in [5, 5.41) is 2.47. The molecule has 1 amide bonds. The Morgan fingerprint density at radius 1 is 1.29 bits per heavy atom. The second kappa shape index (κ2) is 7.28. The molecule has 17 heavy (non-hydrogen) atoms. The highest BCUT2D eigenvalue weighted by molar-refractivity contribution is 6.22. The number of hydrogen-bond donors (Lipinski definition) is 1. The van der Waals surface area contributed by atoms with Gasteiger partial charge in [-0.3, -0.25) is 4.79 Å².